The van der Waals surface area contributed by atoms with Crippen LogP contribution < -0.4 is 10.6 Å². The van der Waals surface area contributed by atoms with Gasteiger partial charge in [0.25, 0.3) is 0 Å². The molecule has 0 fully saturated rings. The van der Waals surface area contributed by atoms with Gasteiger partial charge in [-0.25, -0.2) is 9.18 Å². The molecule has 0 aliphatic rings. The SMILES string of the molecule is CCc1ccc(C(C)NC(=O)Nc2cccc(F)c2)cc1. The molecule has 0 spiro atoms. The lowest BCUT2D eigenvalue weighted by molar-refractivity contribution is 0.249. The highest BCUT2D eigenvalue weighted by atomic mass is 19.1. The lowest BCUT2D eigenvalue weighted by Crippen LogP contribution is -2.31. The normalized spacial score (nSPS) is 11.8. The average molecular weight is 286 g/mol. The third-order valence-electron chi connectivity index (χ3n) is 3.32. The summed E-state index contributed by atoms with van der Waals surface area (Å²) in [5.74, 6) is -0.379. The summed E-state index contributed by atoms with van der Waals surface area (Å²) in [5.41, 5.74) is 2.72. The first-order chi connectivity index (χ1) is 10.1. The number of halogens is 1. The van der Waals surface area contributed by atoms with Crippen LogP contribution in [0.15, 0.2) is 48.5 Å². The third kappa shape index (κ3) is 4.31. The molecule has 0 saturated carbocycles. The Labute approximate surface area is 124 Å². The van der Waals surface area contributed by atoms with Gasteiger partial charge in [0.15, 0.2) is 0 Å². The monoisotopic (exact) mass is 286 g/mol. The Bertz CT molecular complexity index is 610. The Morgan fingerprint density at radius 1 is 1.19 bits per heavy atom. The fourth-order valence-corrected chi connectivity index (χ4v) is 2.06. The van der Waals surface area contributed by atoms with Gasteiger partial charge in [-0.15, -0.1) is 0 Å². The van der Waals surface area contributed by atoms with Gasteiger partial charge in [0.05, 0.1) is 6.04 Å². The number of hydrogen-bond donors (Lipinski definition) is 2. The van der Waals surface area contributed by atoms with Crippen LogP contribution in [0.5, 0.6) is 0 Å². The highest BCUT2D eigenvalue weighted by Gasteiger charge is 2.09. The molecule has 2 rings (SSSR count). The Balaban J connectivity index is 1.95. The van der Waals surface area contributed by atoms with E-state index in [1.165, 1.54) is 17.7 Å². The lowest BCUT2D eigenvalue weighted by Gasteiger charge is -2.15. The second kappa shape index (κ2) is 6.88. The minimum atomic E-state index is -0.379. The molecule has 0 heterocycles. The number of hydrogen-bond acceptors (Lipinski definition) is 1. The zero-order valence-electron chi connectivity index (χ0n) is 12.2. The Morgan fingerprint density at radius 3 is 2.52 bits per heavy atom. The summed E-state index contributed by atoms with van der Waals surface area (Å²) in [4.78, 5) is 11.9. The molecule has 3 nitrogen and oxygen atoms in total. The maximum Gasteiger partial charge on any atom is 0.319 e. The number of benzene rings is 2. The molecule has 0 bridgehead atoms. The predicted octanol–water partition coefficient (Wildman–Crippen LogP) is 4.27. The largest absolute Gasteiger partial charge is 0.331 e. The van der Waals surface area contributed by atoms with Gasteiger partial charge in [-0.2, -0.15) is 0 Å². The van der Waals surface area contributed by atoms with Gasteiger partial charge in [-0.3, -0.25) is 0 Å². The number of amides is 2. The molecule has 0 saturated heterocycles. The van der Waals surface area contributed by atoms with E-state index in [2.05, 4.69) is 29.7 Å². The zero-order chi connectivity index (χ0) is 15.2. The van der Waals surface area contributed by atoms with Crippen LogP contribution in [0.4, 0.5) is 14.9 Å². The fraction of sp³-hybridized carbons (Fsp3) is 0.235. The van der Waals surface area contributed by atoms with Gasteiger partial charge < -0.3 is 10.6 Å². The zero-order valence-corrected chi connectivity index (χ0v) is 12.2. The van der Waals surface area contributed by atoms with Gasteiger partial charge >= 0.3 is 6.03 Å². The van der Waals surface area contributed by atoms with Crippen molar-refractivity contribution >= 4 is 11.7 Å². The summed E-state index contributed by atoms with van der Waals surface area (Å²) in [6.45, 7) is 4.01. The second-order valence-electron chi connectivity index (χ2n) is 4.93. The first kappa shape index (κ1) is 15.0. The van der Waals surface area contributed by atoms with E-state index >= 15 is 0 Å². The van der Waals surface area contributed by atoms with Crippen LogP contribution in [0, 0.1) is 5.82 Å². The first-order valence-corrected chi connectivity index (χ1v) is 7.00. The molecule has 0 aliphatic carbocycles. The van der Waals surface area contributed by atoms with Crippen molar-refractivity contribution in [2.45, 2.75) is 26.3 Å². The summed E-state index contributed by atoms with van der Waals surface area (Å²) < 4.78 is 13.0. The second-order valence-corrected chi connectivity index (χ2v) is 4.93. The number of urea groups is 1. The molecule has 1 unspecified atom stereocenters. The van der Waals surface area contributed by atoms with Crippen molar-refractivity contribution in [2.75, 3.05) is 5.32 Å². The summed E-state index contributed by atoms with van der Waals surface area (Å²) in [5, 5.41) is 5.45. The van der Waals surface area contributed by atoms with Crippen LogP contribution in [-0.4, -0.2) is 6.03 Å². The topological polar surface area (TPSA) is 41.1 Å². The molecule has 0 aromatic heterocycles. The van der Waals surface area contributed by atoms with E-state index in [-0.39, 0.29) is 17.9 Å². The van der Waals surface area contributed by atoms with Crippen LogP contribution in [0.3, 0.4) is 0 Å². The van der Waals surface area contributed by atoms with Gasteiger partial charge in [0, 0.05) is 5.69 Å². The highest BCUT2D eigenvalue weighted by Crippen LogP contribution is 2.14. The molecule has 0 aliphatic heterocycles. The van der Waals surface area contributed by atoms with Crippen LogP contribution in [0.25, 0.3) is 0 Å². The first-order valence-electron chi connectivity index (χ1n) is 7.00. The summed E-state index contributed by atoms with van der Waals surface area (Å²) in [6, 6.07) is 13.5. The molecule has 4 heteroatoms. The van der Waals surface area contributed by atoms with Crippen molar-refractivity contribution in [1.29, 1.82) is 0 Å². The fourth-order valence-electron chi connectivity index (χ4n) is 2.06. The predicted molar refractivity (Wildman–Crippen MR) is 82.8 cm³/mol. The van der Waals surface area contributed by atoms with Gasteiger partial charge in [0.2, 0.25) is 0 Å². The van der Waals surface area contributed by atoms with Crippen molar-refractivity contribution < 1.29 is 9.18 Å². The number of carbonyl (C=O) groups is 1. The molecule has 110 valence electrons. The van der Waals surface area contributed by atoms with Gasteiger partial charge in [0.1, 0.15) is 5.82 Å². The number of aryl methyl sites for hydroxylation is 1. The lowest BCUT2D eigenvalue weighted by atomic mass is 10.1. The molecular formula is C17H19FN2O. The standard InChI is InChI=1S/C17H19FN2O/c1-3-13-7-9-14(10-8-13)12(2)19-17(21)20-16-6-4-5-15(18)11-16/h4-12H,3H2,1-2H3,(H2,19,20,21). The van der Waals surface area contributed by atoms with E-state index < -0.39 is 0 Å². The smallest absolute Gasteiger partial charge is 0.319 e. The Hall–Kier alpha value is -2.36. The van der Waals surface area contributed by atoms with Crippen molar-refractivity contribution in [3.05, 3.63) is 65.5 Å². The van der Waals surface area contributed by atoms with Gasteiger partial charge in [-0.05, 0) is 42.7 Å². The molecule has 2 N–H and O–H groups in total. The van der Waals surface area contributed by atoms with E-state index in [9.17, 15) is 9.18 Å². The van der Waals surface area contributed by atoms with E-state index in [0.29, 0.717) is 5.69 Å². The number of anilines is 1. The number of rotatable bonds is 4. The molecule has 2 amide bonds. The van der Waals surface area contributed by atoms with Crippen molar-refractivity contribution in [1.82, 2.24) is 5.32 Å². The Kier molecular flexibility index (Phi) is 4.93. The molecule has 2 aromatic carbocycles. The van der Waals surface area contributed by atoms with E-state index in [0.717, 1.165) is 12.0 Å². The molecule has 1 atom stereocenters. The van der Waals surface area contributed by atoms with Crippen molar-refractivity contribution in [3.63, 3.8) is 0 Å². The van der Waals surface area contributed by atoms with E-state index in [1.54, 1.807) is 12.1 Å². The van der Waals surface area contributed by atoms with E-state index in [1.807, 2.05) is 19.1 Å². The van der Waals surface area contributed by atoms with Crippen LogP contribution in [0.1, 0.15) is 31.0 Å². The molecule has 0 radical (unpaired) electrons. The van der Waals surface area contributed by atoms with Crippen LogP contribution >= 0.6 is 0 Å². The van der Waals surface area contributed by atoms with Crippen molar-refractivity contribution in [3.8, 4) is 0 Å². The summed E-state index contributed by atoms with van der Waals surface area (Å²) in [6.07, 6.45) is 0.988. The van der Waals surface area contributed by atoms with Crippen LogP contribution in [-0.2, 0) is 6.42 Å². The Morgan fingerprint density at radius 2 is 1.90 bits per heavy atom. The maximum atomic E-state index is 13.0. The van der Waals surface area contributed by atoms with Crippen molar-refractivity contribution in [2.24, 2.45) is 0 Å². The maximum absolute atomic E-state index is 13.0. The summed E-state index contributed by atoms with van der Waals surface area (Å²) in [7, 11) is 0. The highest BCUT2D eigenvalue weighted by molar-refractivity contribution is 5.89. The minimum Gasteiger partial charge on any atom is -0.331 e. The molecule has 21 heavy (non-hydrogen) atoms. The minimum absolute atomic E-state index is 0.121. The van der Waals surface area contributed by atoms with Gasteiger partial charge in [-0.1, -0.05) is 37.3 Å². The quantitative estimate of drug-likeness (QED) is 0.865. The number of carbonyl (C=O) groups excluding carboxylic acids is 1. The van der Waals surface area contributed by atoms with Crippen LogP contribution in [0.2, 0.25) is 0 Å². The average Bonchev–Trinajstić information content (AvgIpc) is 2.47. The van der Waals surface area contributed by atoms with E-state index in [4.69, 9.17) is 0 Å². The molecule has 2 aromatic rings. The number of nitrogens with one attached hydrogen (secondary N) is 2. The molecular weight excluding hydrogens is 267 g/mol. The third-order valence-corrected chi connectivity index (χ3v) is 3.32. The summed E-state index contributed by atoms with van der Waals surface area (Å²) >= 11 is 0.